The number of hydrogen-bond donors (Lipinski definition) is 2. The lowest BCUT2D eigenvalue weighted by molar-refractivity contribution is 0.0925. The summed E-state index contributed by atoms with van der Waals surface area (Å²) in [7, 11) is 0. The number of halogens is 1. The van der Waals surface area contributed by atoms with Crippen molar-refractivity contribution in [1.82, 2.24) is 15.5 Å². The van der Waals surface area contributed by atoms with Crippen LogP contribution in [0.1, 0.15) is 54.5 Å². The van der Waals surface area contributed by atoms with Crippen LogP contribution >= 0.6 is 15.9 Å². The zero-order valence-corrected chi connectivity index (χ0v) is 16.3. The van der Waals surface area contributed by atoms with Gasteiger partial charge in [-0.15, -0.1) is 0 Å². The Labute approximate surface area is 156 Å². The van der Waals surface area contributed by atoms with Gasteiger partial charge in [-0.1, -0.05) is 29.8 Å². The maximum absolute atomic E-state index is 12.7. The summed E-state index contributed by atoms with van der Waals surface area (Å²) in [6.07, 6.45) is 1.57. The third-order valence-corrected chi connectivity index (χ3v) is 4.71. The summed E-state index contributed by atoms with van der Waals surface area (Å²) in [5.74, 6) is 1.45. The number of rotatable bonds is 6. The second kappa shape index (κ2) is 7.47. The van der Waals surface area contributed by atoms with Crippen LogP contribution in [0.5, 0.6) is 5.75 Å². The molecule has 0 aliphatic carbocycles. The van der Waals surface area contributed by atoms with E-state index in [1.54, 1.807) is 0 Å². The van der Waals surface area contributed by atoms with Gasteiger partial charge in [-0.25, -0.2) is 0 Å². The largest absolute Gasteiger partial charge is 0.493 e. The van der Waals surface area contributed by atoms with E-state index < -0.39 is 0 Å². The summed E-state index contributed by atoms with van der Waals surface area (Å²) < 4.78 is 6.87. The van der Waals surface area contributed by atoms with Crippen LogP contribution in [-0.2, 0) is 0 Å². The molecule has 6 nitrogen and oxygen atoms in total. The minimum atomic E-state index is -0.302. The summed E-state index contributed by atoms with van der Waals surface area (Å²) in [6, 6.07) is 5.90. The van der Waals surface area contributed by atoms with Crippen LogP contribution in [0.25, 0.3) is 0 Å². The first-order valence-electron chi connectivity index (χ1n) is 8.61. The van der Waals surface area contributed by atoms with E-state index in [9.17, 15) is 4.79 Å². The molecule has 0 spiro atoms. The quantitative estimate of drug-likeness (QED) is 0.762. The van der Waals surface area contributed by atoms with Gasteiger partial charge in [-0.2, -0.15) is 5.10 Å². The molecule has 2 aromatic rings. The highest BCUT2D eigenvalue weighted by atomic mass is 79.9. The third kappa shape index (κ3) is 3.38. The lowest BCUT2D eigenvalue weighted by atomic mass is 10.0. The van der Waals surface area contributed by atoms with Gasteiger partial charge in [0.25, 0.3) is 5.91 Å². The average molecular weight is 407 g/mol. The zero-order valence-electron chi connectivity index (χ0n) is 14.7. The highest BCUT2D eigenvalue weighted by Gasteiger charge is 2.36. The number of H-pyrrole nitrogens is 1. The van der Waals surface area contributed by atoms with Gasteiger partial charge >= 0.3 is 0 Å². The molecule has 1 aliphatic heterocycles. The van der Waals surface area contributed by atoms with Crippen LogP contribution in [0.2, 0.25) is 0 Å². The number of aryl methyl sites for hydroxylation is 1. The molecule has 1 amide bonds. The maximum Gasteiger partial charge on any atom is 0.258 e. The van der Waals surface area contributed by atoms with Crippen LogP contribution in [0.15, 0.2) is 22.7 Å². The number of benzene rings is 1. The SMILES string of the molecule is CCCOc1ccc(Br)cc1C1NC(=O)c2c(C)n[nH]c2N1CCC. The number of anilines is 1. The Hall–Kier alpha value is -2.02. The van der Waals surface area contributed by atoms with Gasteiger partial charge in [-0.3, -0.25) is 9.89 Å². The molecule has 1 unspecified atom stereocenters. The minimum Gasteiger partial charge on any atom is -0.493 e. The molecule has 1 aliphatic rings. The van der Waals surface area contributed by atoms with Crippen LogP contribution in [-0.4, -0.2) is 29.3 Å². The fourth-order valence-corrected chi connectivity index (χ4v) is 3.49. The Morgan fingerprint density at radius 3 is 2.84 bits per heavy atom. The van der Waals surface area contributed by atoms with Gasteiger partial charge in [0, 0.05) is 16.6 Å². The number of carbonyl (C=O) groups is 1. The van der Waals surface area contributed by atoms with Crippen molar-refractivity contribution in [2.45, 2.75) is 39.8 Å². The Kier molecular flexibility index (Phi) is 5.32. The Morgan fingerprint density at radius 2 is 2.12 bits per heavy atom. The van der Waals surface area contributed by atoms with E-state index in [-0.39, 0.29) is 12.1 Å². The van der Waals surface area contributed by atoms with Crippen LogP contribution < -0.4 is 15.0 Å². The Bertz CT molecular complexity index is 774. The topological polar surface area (TPSA) is 70.2 Å². The van der Waals surface area contributed by atoms with Crippen molar-refractivity contribution in [1.29, 1.82) is 0 Å². The molecule has 2 N–H and O–H groups in total. The average Bonchev–Trinajstić information content (AvgIpc) is 2.98. The summed E-state index contributed by atoms with van der Waals surface area (Å²) in [4.78, 5) is 14.8. The van der Waals surface area contributed by atoms with Crippen molar-refractivity contribution in [3.63, 3.8) is 0 Å². The molecule has 3 rings (SSSR count). The van der Waals surface area contributed by atoms with E-state index in [0.29, 0.717) is 17.9 Å². The molecule has 134 valence electrons. The molecule has 7 heteroatoms. The predicted octanol–water partition coefficient (Wildman–Crippen LogP) is 3.93. The van der Waals surface area contributed by atoms with E-state index in [1.807, 2.05) is 25.1 Å². The number of amides is 1. The van der Waals surface area contributed by atoms with Gasteiger partial charge in [0.15, 0.2) is 0 Å². The molecular formula is C18H23BrN4O2. The first-order chi connectivity index (χ1) is 12.1. The number of carbonyl (C=O) groups excluding carboxylic acids is 1. The van der Waals surface area contributed by atoms with E-state index in [2.05, 4.69) is 50.2 Å². The third-order valence-electron chi connectivity index (χ3n) is 4.21. The number of ether oxygens (including phenoxy) is 1. The van der Waals surface area contributed by atoms with Gasteiger partial charge in [0.05, 0.1) is 12.3 Å². The van der Waals surface area contributed by atoms with Crippen LogP contribution in [0.4, 0.5) is 5.82 Å². The zero-order chi connectivity index (χ0) is 18.0. The van der Waals surface area contributed by atoms with E-state index in [4.69, 9.17) is 4.74 Å². The minimum absolute atomic E-state index is 0.111. The molecule has 25 heavy (non-hydrogen) atoms. The Balaban J connectivity index is 2.06. The molecule has 0 fully saturated rings. The van der Waals surface area contributed by atoms with E-state index in [1.165, 1.54) is 0 Å². The number of hydrogen-bond acceptors (Lipinski definition) is 4. The molecule has 1 aromatic heterocycles. The van der Waals surface area contributed by atoms with E-state index in [0.717, 1.165) is 41.0 Å². The van der Waals surface area contributed by atoms with Gasteiger partial charge in [-0.05, 0) is 38.0 Å². The lowest BCUT2D eigenvalue weighted by Crippen LogP contribution is -2.47. The highest BCUT2D eigenvalue weighted by Crippen LogP contribution is 2.37. The molecule has 0 radical (unpaired) electrons. The fourth-order valence-electron chi connectivity index (χ4n) is 3.11. The smallest absolute Gasteiger partial charge is 0.258 e. The van der Waals surface area contributed by atoms with Crippen molar-refractivity contribution < 1.29 is 9.53 Å². The normalized spacial score (nSPS) is 16.6. The predicted molar refractivity (Wildman–Crippen MR) is 101 cm³/mol. The van der Waals surface area contributed by atoms with Crippen LogP contribution in [0.3, 0.4) is 0 Å². The number of fused-ring (bicyclic) bond motifs is 1. The van der Waals surface area contributed by atoms with Crippen LogP contribution in [0, 0.1) is 6.92 Å². The lowest BCUT2D eigenvalue weighted by Gasteiger charge is -2.37. The monoisotopic (exact) mass is 406 g/mol. The number of aromatic nitrogens is 2. The van der Waals surface area contributed by atoms with Crippen molar-refractivity contribution in [3.8, 4) is 5.75 Å². The summed E-state index contributed by atoms with van der Waals surface area (Å²) >= 11 is 3.53. The molecule has 0 saturated heterocycles. The van der Waals surface area contributed by atoms with Crippen molar-refractivity contribution in [3.05, 3.63) is 39.5 Å². The summed E-state index contributed by atoms with van der Waals surface area (Å²) in [6.45, 7) is 7.46. The maximum atomic E-state index is 12.7. The second-order valence-corrected chi connectivity index (χ2v) is 7.05. The first-order valence-corrected chi connectivity index (χ1v) is 9.40. The summed E-state index contributed by atoms with van der Waals surface area (Å²) in [5, 5.41) is 10.4. The first kappa shape index (κ1) is 17.8. The molecule has 0 saturated carbocycles. The van der Waals surface area contributed by atoms with Crippen molar-refractivity contribution in [2.75, 3.05) is 18.1 Å². The number of aromatic amines is 1. The number of nitrogens with one attached hydrogen (secondary N) is 2. The molecule has 1 aromatic carbocycles. The fraction of sp³-hybridized carbons (Fsp3) is 0.444. The molecule has 2 heterocycles. The van der Waals surface area contributed by atoms with Gasteiger partial charge in [0.1, 0.15) is 23.3 Å². The van der Waals surface area contributed by atoms with Gasteiger partial charge in [0.2, 0.25) is 0 Å². The molecule has 0 bridgehead atoms. The van der Waals surface area contributed by atoms with Crippen molar-refractivity contribution in [2.24, 2.45) is 0 Å². The standard InChI is InChI=1S/C18H23BrN4O2/c1-4-8-23-16(20-18(24)15-11(3)21-22-17(15)23)13-10-12(19)6-7-14(13)25-9-5-2/h6-7,10,16H,4-5,8-9H2,1-3H3,(H,20,24)(H,21,22). The van der Waals surface area contributed by atoms with E-state index >= 15 is 0 Å². The van der Waals surface area contributed by atoms with Crippen molar-refractivity contribution >= 4 is 27.7 Å². The molecule has 1 atom stereocenters. The van der Waals surface area contributed by atoms with Gasteiger partial charge < -0.3 is 15.0 Å². The summed E-state index contributed by atoms with van der Waals surface area (Å²) in [5.41, 5.74) is 2.27. The highest BCUT2D eigenvalue weighted by molar-refractivity contribution is 9.10. The second-order valence-electron chi connectivity index (χ2n) is 6.13. The number of nitrogens with zero attached hydrogens (tertiary/aromatic N) is 2. The molecular weight excluding hydrogens is 384 g/mol. The Morgan fingerprint density at radius 1 is 1.32 bits per heavy atom.